The van der Waals surface area contributed by atoms with Gasteiger partial charge >= 0.3 is 6.03 Å². The van der Waals surface area contributed by atoms with Crippen LogP contribution in [0.2, 0.25) is 0 Å². The Morgan fingerprint density at radius 3 is 2.50 bits per heavy atom. The Morgan fingerprint density at radius 1 is 1.07 bits per heavy atom. The maximum Gasteiger partial charge on any atom is 0.325 e. The highest BCUT2D eigenvalue weighted by Gasteiger charge is 2.12. The van der Waals surface area contributed by atoms with Gasteiger partial charge in [0.2, 0.25) is 11.0 Å². The molecule has 0 atom stereocenters. The number of rotatable bonds is 7. The molecule has 0 saturated carbocycles. The zero-order chi connectivity index (χ0) is 21.3. The molecule has 0 aliphatic heterocycles. The van der Waals surface area contributed by atoms with Gasteiger partial charge in [-0.1, -0.05) is 41.7 Å². The molecule has 0 aliphatic carbocycles. The highest BCUT2D eigenvalue weighted by atomic mass is 32.1. The second-order valence-electron chi connectivity index (χ2n) is 5.76. The Hall–Kier alpha value is -4.19. The van der Waals surface area contributed by atoms with Gasteiger partial charge in [-0.3, -0.25) is 20.2 Å². The molecule has 0 spiro atoms. The normalized spacial score (nSPS) is 10.5. The average Bonchev–Trinajstić information content (AvgIpc) is 3.15. The Kier molecular flexibility index (Phi) is 6.74. The van der Waals surface area contributed by atoms with Crippen LogP contribution in [0.25, 0.3) is 0 Å². The molecule has 11 nitrogen and oxygen atoms in total. The number of amides is 3. The number of urea groups is 1. The molecule has 0 saturated heterocycles. The van der Waals surface area contributed by atoms with Gasteiger partial charge in [0.25, 0.3) is 5.69 Å². The first kappa shape index (κ1) is 20.5. The SMILES string of the molecule is O=C(Cc1nnc(NC(=O)Nc2ccc([N+](=O)[O-])cc2)s1)NN=Cc1ccccc1. The molecule has 152 valence electrons. The first-order valence-electron chi connectivity index (χ1n) is 8.51. The van der Waals surface area contributed by atoms with E-state index in [1.54, 1.807) is 0 Å². The molecule has 3 N–H and O–H groups in total. The first-order valence-corrected chi connectivity index (χ1v) is 9.33. The van der Waals surface area contributed by atoms with Crippen LogP contribution in [-0.4, -0.2) is 33.3 Å². The molecule has 0 fully saturated rings. The van der Waals surface area contributed by atoms with Crippen LogP contribution in [0, 0.1) is 10.1 Å². The molecule has 30 heavy (non-hydrogen) atoms. The molecule has 3 amide bonds. The Balaban J connectivity index is 1.47. The first-order chi connectivity index (χ1) is 14.5. The molecule has 0 aliphatic rings. The van der Waals surface area contributed by atoms with Crippen LogP contribution in [0.4, 0.5) is 21.3 Å². The monoisotopic (exact) mass is 425 g/mol. The predicted molar refractivity (Wildman–Crippen MR) is 112 cm³/mol. The fourth-order valence-corrected chi connectivity index (χ4v) is 2.93. The van der Waals surface area contributed by atoms with Crippen molar-refractivity contribution in [1.29, 1.82) is 0 Å². The van der Waals surface area contributed by atoms with Gasteiger partial charge in [0.1, 0.15) is 5.01 Å². The third kappa shape index (κ3) is 6.17. The lowest BCUT2D eigenvalue weighted by Gasteiger charge is -2.04. The van der Waals surface area contributed by atoms with E-state index < -0.39 is 11.0 Å². The minimum absolute atomic E-state index is 0.0462. The van der Waals surface area contributed by atoms with Gasteiger partial charge in [0.15, 0.2) is 0 Å². The number of carbonyl (C=O) groups excluding carboxylic acids is 2. The van der Waals surface area contributed by atoms with Crippen molar-refractivity contribution in [3.63, 3.8) is 0 Å². The van der Waals surface area contributed by atoms with Crippen LogP contribution in [0.15, 0.2) is 59.7 Å². The van der Waals surface area contributed by atoms with E-state index in [4.69, 9.17) is 0 Å². The van der Waals surface area contributed by atoms with E-state index in [2.05, 4.69) is 31.4 Å². The summed E-state index contributed by atoms with van der Waals surface area (Å²) in [7, 11) is 0. The minimum Gasteiger partial charge on any atom is -0.308 e. The summed E-state index contributed by atoms with van der Waals surface area (Å²) >= 11 is 1.04. The number of hydrogen-bond donors (Lipinski definition) is 3. The molecular formula is C18H15N7O4S. The van der Waals surface area contributed by atoms with Crippen molar-refractivity contribution in [1.82, 2.24) is 15.6 Å². The Labute approximate surface area is 174 Å². The minimum atomic E-state index is -0.594. The van der Waals surface area contributed by atoms with Crippen molar-refractivity contribution in [2.24, 2.45) is 5.10 Å². The molecule has 2 aromatic carbocycles. The molecule has 0 unspecified atom stereocenters. The van der Waals surface area contributed by atoms with Crippen molar-refractivity contribution in [3.8, 4) is 0 Å². The molecule has 0 bridgehead atoms. The van der Waals surface area contributed by atoms with Crippen molar-refractivity contribution in [3.05, 3.63) is 75.3 Å². The molecule has 1 heterocycles. The summed E-state index contributed by atoms with van der Waals surface area (Å²) in [5, 5.41) is 27.8. The maximum absolute atomic E-state index is 12.0. The largest absolute Gasteiger partial charge is 0.325 e. The molecule has 3 rings (SSSR count). The van der Waals surface area contributed by atoms with Gasteiger partial charge in [-0.2, -0.15) is 5.10 Å². The van der Waals surface area contributed by atoms with Crippen LogP contribution < -0.4 is 16.1 Å². The number of benzene rings is 2. The smallest absolute Gasteiger partial charge is 0.308 e. The van der Waals surface area contributed by atoms with Crippen LogP contribution in [-0.2, 0) is 11.2 Å². The lowest BCUT2D eigenvalue weighted by molar-refractivity contribution is -0.384. The summed E-state index contributed by atoms with van der Waals surface area (Å²) in [4.78, 5) is 34.0. The number of carbonyl (C=O) groups is 2. The molecule has 0 radical (unpaired) electrons. The summed E-state index contributed by atoms with van der Waals surface area (Å²) in [6.45, 7) is 0. The highest BCUT2D eigenvalue weighted by molar-refractivity contribution is 7.15. The molecule has 12 heteroatoms. The quantitative estimate of drug-likeness (QED) is 0.301. The van der Waals surface area contributed by atoms with Gasteiger partial charge in [-0.25, -0.2) is 10.2 Å². The summed E-state index contributed by atoms with van der Waals surface area (Å²) in [6.07, 6.45) is 1.48. The second-order valence-corrected chi connectivity index (χ2v) is 6.83. The van der Waals surface area contributed by atoms with Crippen molar-refractivity contribution < 1.29 is 14.5 Å². The number of hydrogen-bond acceptors (Lipinski definition) is 8. The van der Waals surface area contributed by atoms with E-state index in [-0.39, 0.29) is 23.1 Å². The predicted octanol–water partition coefficient (Wildman–Crippen LogP) is 2.78. The Morgan fingerprint density at radius 2 is 1.80 bits per heavy atom. The molecule has 3 aromatic rings. The standard InChI is InChI=1S/C18H15N7O4S/c26-15(22-19-11-12-4-2-1-3-5-12)10-16-23-24-18(30-16)21-17(27)20-13-6-8-14(9-7-13)25(28)29/h1-9,11H,10H2,(H,22,26)(H2,20,21,24,27). The van der Waals surface area contributed by atoms with Gasteiger partial charge in [0, 0.05) is 17.8 Å². The molecule has 1 aromatic heterocycles. The number of nitro groups is 1. The maximum atomic E-state index is 12.0. The summed E-state index contributed by atoms with van der Waals surface area (Å²) in [5.41, 5.74) is 3.53. The van der Waals surface area contributed by atoms with E-state index in [9.17, 15) is 19.7 Å². The second kappa shape index (κ2) is 9.84. The lowest BCUT2D eigenvalue weighted by atomic mass is 10.2. The van der Waals surface area contributed by atoms with Crippen molar-refractivity contribution >= 4 is 46.0 Å². The third-order valence-electron chi connectivity index (χ3n) is 3.54. The van der Waals surface area contributed by atoms with E-state index >= 15 is 0 Å². The Bertz CT molecular complexity index is 1070. The third-order valence-corrected chi connectivity index (χ3v) is 4.38. The topological polar surface area (TPSA) is 152 Å². The fraction of sp³-hybridized carbons (Fsp3) is 0.0556. The lowest BCUT2D eigenvalue weighted by Crippen LogP contribution is -2.19. The van der Waals surface area contributed by atoms with Crippen molar-refractivity contribution in [2.75, 3.05) is 10.6 Å². The number of nitrogens with zero attached hydrogens (tertiary/aromatic N) is 4. The van der Waals surface area contributed by atoms with Crippen LogP contribution in [0.1, 0.15) is 10.6 Å². The summed E-state index contributed by atoms with van der Waals surface area (Å²) in [6, 6.07) is 14.1. The van der Waals surface area contributed by atoms with Crippen LogP contribution >= 0.6 is 11.3 Å². The van der Waals surface area contributed by atoms with Gasteiger partial charge in [-0.15, -0.1) is 10.2 Å². The van der Waals surface area contributed by atoms with E-state index in [1.165, 1.54) is 30.5 Å². The summed E-state index contributed by atoms with van der Waals surface area (Å²) in [5.74, 6) is -0.375. The van der Waals surface area contributed by atoms with E-state index in [1.807, 2.05) is 30.3 Å². The number of non-ortho nitro benzene ring substituents is 1. The number of anilines is 2. The zero-order valence-corrected chi connectivity index (χ0v) is 16.1. The van der Waals surface area contributed by atoms with Crippen molar-refractivity contribution in [2.45, 2.75) is 6.42 Å². The van der Waals surface area contributed by atoms with Gasteiger partial charge in [0.05, 0.1) is 17.6 Å². The van der Waals surface area contributed by atoms with Crippen LogP contribution in [0.3, 0.4) is 0 Å². The summed E-state index contributed by atoms with van der Waals surface area (Å²) < 4.78 is 0. The fourth-order valence-electron chi connectivity index (χ4n) is 2.20. The zero-order valence-electron chi connectivity index (χ0n) is 15.3. The number of nitrogens with one attached hydrogen (secondary N) is 3. The van der Waals surface area contributed by atoms with Gasteiger partial charge in [-0.05, 0) is 17.7 Å². The molecular weight excluding hydrogens is 410 g/mol. The number of nitro benzene ring substituents is 1. The highest BCUT2D eigenvalue weighted by Crippen LogP contribution is 2.18. The number of hydrazone groups is 1. The van der Waals surface area contributed by atoms with E-state index in [0.717, 1.165) is 16.9 Å². The van der Waals surface area contributed by atoms with Crippen LogP contribution in [0.5, 0.6) is 0 Å². The van der Waals surface area contributed by atoms with Gasteiger partial charge < -0.3 is 5.32 Å². The number of aromatic nitrogens is 2. The average molecular weight is 425 g/mol. The van der Waals surface area contributed by atoms with E-state index in [0.29, 0.717) is 10.7 Å².